The molecular weight excluding hydrogens is 511 g/mol. The van der Waals surface area contributed by atoms with Gasteiger partial charge in [-0.3, -0.25) is 4.99 Å². The summed E-state index contributed by atoms with van der Waals surface area (Å²) in [7, 11) is 0. The van der Waals surface area contributed by atoms with Gasteiger partial charge in [0.2, 0.25) is 0 Å². The Kier molecular flexibility index (Phi) is 10.1. The van der Waals surface area contributed by atoms with Gasteiger partial charge in [0.15, 0.2) is 5.96 Å². The first-order valence-electron chi connectivity index (χ1n) is 11.8. The molecular formula is C26H37IN4O. The monoisotopic (exact) mass is 548 g/mol. The van der Waals surface area contributed by atoms with E-state index in [-0.39, 0.29) is 24.0 Å². The highest BCUT2D eigenvalue weighted by Crippen LogP contribution is 2.25. The maximum atomic E-state index is 5.61. The summed E-state index contributed by atoms with van der Waals surface area (Å²) in [5.74, 6) is 2.65. The van der Waals surface area contributed by atoms with Gasteiger partial charge in [0.25, 0.3) is 0 Å². The van der Waals surface area contributed by atoms with E-state index in [0.717, 1.165) is 70.3 Å². The van der Waals surface area contributed by atoms with Crippen LogP contribution in [0, 0.1) is 5.92 Å². The van der Waals surface area contributed by atoms with Crippen molar-refractivity contribution in [1.82, 2.24) is 15.5 Å². The second kappa shape index (κ2) is 13.0. The zero-order valence-electron chi connectivity index (χ0n) is 19.2. The summed E-state index contributed by atoms with van der Waals surface area (Å²) in [5, 5.41) is 6.91. The van der Waals surface area contributed by atoms with Crippen LogP contribution in [0.4, 0.5) is 0 Å². The standard InChI is InChI=1S/C26H36N4O.HI/c1-2-27-26(28-14-10-22-8-9-25-24(18-22)13-17-31-25)29-19-23-12-16-30(20-23)15-11-21-6-4-3-5-7-21;/h3-9,18,23H,2,10-17,19-20H2,1H3,(H2,27,28,29);1H. The molecule has 5 nitrogen and oxygen atoms in total. The van der Waals surface area contributed by atoms with E-state index in [1.807, 2.05) is 0 Å². The number of rotatable bonds is 9. The first kappa shape index (κ1) is 24.8. The third kappa shape index (κ3) is 7.37. The molecule has 2 aromatic carbocycles. The molecule has 4 rings (SSSR count). The number of halogens is 1. The molecule has 2 aliphatic heterocycles. The largest absolute Gasteiger partial charge is 0.493 e. The molecule has 0 aromatic heterocycles. The van der Waals surface area contributed by atoms with Crippen molar-refractivity contribution >= 4 is 29.9 Å². The number of likely N-dealkylation sites (tertiary alicyclic amines) is 1. The minimum absolute atomic E-state index is 0. The number of guanidine groups is 1. The van der Waals surface area contributed by atoms with Crippen molar-refractivity contribution in [1.29, 1.82) is 0 Å². The fourth-order valence-electron chi connectivity index (χ4n) is 4.48. The summed E-state index contributed by atoms with van der Waals surface area (Å²) in [6, 6.07) is 17.4. The van der Waals surface area contributed by atoms with Crippen LogP contribution in [0.3, 0.4) is 0 Å². The van der Waals surface area contributed by atoms with Crippen LogP contribution in [-0.4, -0.2) is 56.7 Å². The second-order valence-electron chi connectivity index (χ2n) is 8.63. The predicted molar refractivity (Wildman–Crippen MR) is 143 cm³/mol. The molecule has 1 fully saturated rings. The van der Waals surface area contributed by atoms with E-state index in [0.29, 0.717) is 5.92 Å². The van der Waals surface area contributed by atoms with Gasteiger partial charge < -0.3 is 20.3 Å². The van der Waals surface area contributed by atoms with E-state index in [2.05, 4.69) is 71.0 Å². The van der Waals surface area contributed by atoms with E-state index in [1.54, 1.807) is 0 Å². The molecule has 6 heteroatoms. The van der Waals surface area contributed by atoms with E-state index in [4.69, 9.17) is 9.73 Å². The maximum absolute atomic E-state index is 5.61. The van der Waals surface area contributed by atoms with Gasteiger partial charge in [-0.25, -0.2) is 0 Å². The Morgan fingerprint density at radius 2 is 1.97 bits per heavy atom. The van der Waals surface area contributed by atoms with Crippen molar-refractivity contribution in [3.63, 3.8) is 0 Å². The quantitative estimate of drug-likeness (QED) is 0.284. The van der Waals surface area contributed by atoms with Crippen LogP contribution in [0.2, 0.25) is 0 Å². The minimum atomic E-state index is 0. The van der Waals surface area contributed by atoms with Gasteiger partial charge in [-0.2, -0.15) is 0 Å². The van der Waals surface area contributed by atoms with Gasteiger partial charge in [0.05, 0.1) is 6.61 Å². The number of nitrogens with one attached hydrogen (secondary N) is 2. The van der Waals surface area contributed by atoms with Crippen molar-refractivity contribution in [2.45, 2.75) is 32.6 Å². The first-order valence-corrected chi connectivity index (χ1v) is 11.8. The highest BCUT2D eigenvalue weighted by atomic mass is 127. The Morgan fingerprint density at radius 1 is 1.09 bits per heavy atom. The Labute approximate surface area is 210 Å². The molecule has 2 N–H and O–H groups in total. The summed E-state index contributed by atoms with van der Waals surface area (Å²) in [5.41, 5.74) is 4.13. The Bertz CT molecular complexity index is 858. The van der Waals surface area contributed by atoms with Crippen LogP contribution in [0.15, 0.2) is 53.5 Å². The lowest BCUT2D eigenvalue weighted by Gasteiger charge is -2.16. The summed E-state index contributed by atoms with van der Waals surface area (Å²) in [6.07, 6.45) is 4.41. The lowest BCUT2D eigenvalue weighted by molar-refractivity contribution is 0.329. The lowest BCUT2D eigenvalue weighted by atomic mass is 10.1. The summed E-state index contributed by atoms with van der Waals surface area (Å²) in [6.45, 7) is 9.11. The van der Waals surface area contributed by atoms with E-state index >= 15 is 0 Å². The van der Waals surface area contributed by atoms with E-state index in [9.17, 15) is 0 Å². The molecule has 1 saturated heterocycles. The Balaban J connectivity index is 0.00000289. The van der Waals surface area contributed by atoms with Crippen molar-refractivity contribution in [3.8, 4) is 5.75 Å². The average Bonchev–Trinajstić information content (AvgIpc) is 3.46. The fourth-order valence-corrected chi connectivity index (χ4v) is 4.48. The SMILES string of the molecule is CCNC(=NCC1CCN(CCc2ccccc2)C1)NCCc1ccc2c(c1)CCO2.I. The number of hydrogen-bond acceptors (Lipinski definition) is 3. The van der Waals surface area contributed by atoms with E-state index in [1.165, 1.54) is 29.7 Å². The molecule has 0 amide bonds. The predicted octanol–water partition coefficient (Wildman–Crippen LogP) is 3.90. The number of nitrogens with zero attached hydrogens (tertiary/aromatic N) is 2. The molecule has 0 saturated carbocycles. The van der Waals surface area contributed by atoms with Crippen molar-refractivity contribution < 1.29 is 4.74 Å². The minimum Gasteiger partial charge on any atom is -0.493 e. The number of fused-ring (bicyclic) bond motifs is 1. The molecule has 2 heterocycles. The smallest absolute Gasteiger partial charge is 0.191 e. The van der Waals surface area contributed by atoms with E-state index < -0.39 is 0 Å². The lowest BCUT2D eigenvalue weighted by Crippen LogP contribution is -2.38. The summed E-state index contributed by atoms with van der Waals surface area (Å²) >= 11 is 0. The fraction of sp³-hybridized carbons (Fsp3) is 0.500. The number of hydrogen-bond donors (Lipinski definition) is 2. The highest BCUT2D eigenvalue weighted by molar-refractivity contribution is 14.0. The average molecular weight is 549 g/mol. The maximum Gasteiger partial charge on any atom is 0.191 e. The Hall–Kier alpha value is -1.80. The zero-order chi connectivity index (χ0) is 21.3. The summed E-state index contributed by atoms with van der Waals surface area (Å²) < 4.78 is 5.61. The van der Waals surface area contributed by atoms with Crippen molar-refractivity contribution in [2.24, 2.45) is 10.9 Å². The van der Waals surface area contributed by atoms with Crippen LogP contribution in [-0.2, 0) is 19.3 Å². The van der Waals surface area contributed by atoms with Gasteiger partial charge in [0.1, 0.15) is 5.75 Å². The van der Waals surface area contributed by atoms with Crippen LogP contribution in [0.25, 0.3) is 0 Å². The third-order valence-electron chi connectivity index (χ3n) is 6.24. The van der Waals surface area contributed by atoms with Gasteiger partial charge in [0, 0.05) is 39.1 Å². The molecule has 0 radical (unpaired) electrons. The van der Waals surface area contributed by atoms with Gasteiger partial charge in [-0.1, -0.05) is 42.5 Å². The molecule has 32 heavy (non-hydrogen) atoms. The molecule has 0 aliphatic carbocycles. The van der Waals surface area contributed by atoms with Gasteiger partial charge in [-0.05, 0) is 61.4 Å². The molecule has 174 valence electrons. The summed E-state index contributed by atoms with van der Waals surface area (Å²) in [4.78, 5) is 7.47. The van der Waals surface area contributed by atoms with Crippen LogP contribution >= 0.6 is 24.0 Å². The van der Waals surface area contributed by atoms with Gasteiger partial charge >= 0.3 is 0 Å². The number of benzene rings is 2. The normalized spacial score (nSPS) is 18.0. The van der Waals surface area contributed by atoms with Crippen molar-refractivity contribution in [2.75, 3.05) is 45.9 Å². The van der Waals surface area contributed by atoms with Crippen LogP contribution in [0.1, 0.15) is 30.0 Å². The molecule has 0 bridgehead atoms. The molecule has 0 spiro atoms. The van der Waals surface area contributed by atoms with Crippen molar-refractivity contribution in [3.05, 3.63) is 65.2 Å². The molecule has 1 unspecified atom stereocenters. The first-order chi connectivity index (χ1) is 15.3. The Morgan fingerprint density at radius 3 is 2.81 bits per heavy atom. The number of aliphatic imine (C=N–C) groups is 1. The topological polar surface area (TPSA) is 48.9 Å². The molecule has 2 aromatic rings. The zero-order valence-corrected chi connectivity index (χ0v) is 21.5. The number of ether oxygens (including phenoxy) is 1. The highest BCUT2D eigenvalue weighted by Gasteiger charge is 2.22. The third-order valence-corrected chi connectivity index (χ3v) is 6.24. The molecule has 2 aliphatic rings. The van der Waals surface area contributed by atoms with Gasteiger partial charge in [-0.15, -0.1) is 24.0 Å². The van der Waals surface area contributed by atoms with Crippen LogP contribution < -0.4 is 15.4 Å². The molecule has 1 atom stereocenters. The van der Waals surface area contributed by atoms with Crippen LogP contribution in [0.5, 0.6) is 5.75 Å². The second-order valence-corrected chi connectivity index (χ2v) is 8.63.